The Labute approximate surface area is 119 Å². The average molecular weight is 262 g/mol. The van der Waals surface area contributed by atoms with Gasteiger partial charge < -0.3 is 5.32 Å². The monoisotopic (exact) mass is 262 g/mol. The van der Waals surface area contributed by atoms with E-state index in [1.54, 1.807) is 0 Å². The Kier molecular flexibility index (Phi) is 3.75. The molecule has 0 spiro atoms. The third-order valence-corrected chi connectivity index (χ3v) is 3.53. The summed E-state index contributed by atoms with van der Waals surface area (Å²) in [4.78, 5) is 4.25. The molecular formula is C18H18N2. The van der Waals surface area contributed by atoms with Gasteiger partial charge in [-0.1, -0.05) is 49.4 Å². The van der Waals surface area contributed by atoms with Gasteiger partial charge in [-0.15, -0.1) is 0 Å². The second kappa shape index (κ2) is 5.85. The van der Waals surface area contributed by atoms with E-state index in [9.17, 15) is 0 Å². The van der Waals surface area contributed by atoms with Crippen molar-refractivity contribution in [2.75, 3.05) is 6.54 Å². The lowest BCUT2D eigenvalue weighted by molar-refractivity contribution is 0.727. The van der Waals surface area contributed by atoms with Crippen LogP contribution in [0.2, 0.25) is 0 Å². The molecule has 2 aromatic carbocycles. The Balaban J connectivity index is 1.98. The van der Waals surface area contributed by atoms with Crippen molar-refractivity contribution in [1.82, 2.24) is 10.3 Å². The highest BCUT2D eigenvalue weighted by Gasteiger charge is 2.03. The molecule has 2 nitrogen and oxygen atoms in total. The molecule has 0 saturated heterocycles. The third kappa shape index (κ3) is 2.56. The fourth-order valence-electron chi connectivity index (χ4n) is 2.44. The Hall–Kier alpha value is -2.19. The summed E-state index contributed by atoms with van der Waals surface area (Å²) < 4.78 is 0. The highest BCUT2D eigenvalue weighted by molar-refractivity contribution is 5.95. The number of hydrogen-bond donors (Lipinski definition) is 1. The average Bonchev–Trinajstić information content (AvgIpc) is 2.53. The molecule has 0 aliphatic rings. The zero-order valence-corrected chi connectivity index (χ0v) is 11.6. The molecule has 20 heavy (non-hydrogen) atoms. The van der Waals surface area contributed by atoms with Crippen molar-refractivity contribution >= 4 is 10.8 Å². The zero-order valence-electron chi connectivity index (χ0n) is 11.6. The lowest BCUT2D eigenvalue weighted by Gasteiger charge is -2.08. The van der Waals surface area contributed by atoms with Crippen molar-refractivity contribution in [2.24, 2.45) is 0 Å². The number of benzene rings is 2. The van der Waals surface area contributed by atoms with Crippen LogP contribution in [0.3, 0.4) is 0 Å². The van der Waals surface area contributed by atoms with Crippen LogP contribution in [0.25, 0.3) is 21.9 Å². The highest BCUT2D eigenvalue weighted by atomic mass is 14.8. The fraction of sp³-hybridized carbons (Fsp3) is 0.167. The minimum absolute atomic E-state index is 0.924. The maximum atomic E-state index is 4.25. The summed E-state index contributed by atoms with van der Waals surface area (Å²) in [5, 5.41) is 5.78. The predicted octanol–water partition coefficient (Wildman–Crippen LogP) is 4.01. The predicted molar refractivity (Wildman–Crippen MR) is 84.6 cm³/mol. The molecule has 0 radical (unpaired) electrons. The van der Waals surface area contributed by atoms with Gasteiger partial charge >= 0.3 is 0 Å². The van der Waals surface area contributed by atoms with Gasteiger partial charge in [0.15, 0.2) is 0 Å². The fourth-order valence-corrected chi connectivity index (χ4v) is 2.44. The first kappa shape index (κ1) is 12.8. The minimum atomic E-state index is 0.924. The van der Waals surface area contributed by atoms with Gasteiger partial charge in [0.05, 0.1) is 0 Å². The molecule has 100 valence electrons. The molecular weight excluding hydrogens is 244 g/mol. The molecule has 0 atom stereocenters. The van der Waals surface area contributed by atoms with E-state index in [0.29, 0.717) is 0 Å². The van der Waals surface area contributed by atoms with E-state index in [2.05, 4.69) is 65.8 Å². The van der Waals surface area contributed by atoms with Crippen LogP contribution in [-0.4, -0.2) is 11.5 Å². The second-order valence-corrected chi connectivity index (χ2v) is 4.88. The lowest BCUT2D eigenvalue weighted by atomic mass is 9.99. The van der Waals surface area contributed by atoms with Crippen molar-refractivity contribution in [3.63, 3.8) is 0 Å². The van der Waals surface area contributed by atoms with E-state index in [1.165, 1.54) is 27.5 Å². The van der Waals surface area contributed by atoms with Crippen LogP contribution in [-0.2, 0) is 6.54 Å². The molecule has 3 rings (SSSR count). The van der Waals surface area contributed by atoms with Gasteiger partial charge in [-0.2, -0.15) is 0 Å². The van der Waals surface area contributed by atoms with E-state index in [0.717, 1.165) is 13.1 Å². The normalized spacial score (nSPS) is 10.8. The molecule has 1 aromatic heterocycles. The summed E-state index contributed by atoms with van der Waals surface area (Å²) >= 11 is 0. The first-order valence-corrected chi connectivity index (χ1v) is 7.01. The molecule has 2 heteroatoms. The summed E-state index contributed by atoms with van der Waals surface area (Å²) in [7, 11) is 0. The largest absolute Gasteiger partial charge is 0.313 e. The van der Waals surface area contributed by atoms with Gasteiger partial charge in [-0.25, -0.2) is 0 Å². The molecule has 1 N–H and O–H groups in total. The van der Waals surface area contributed by atoms with Crippen molar-refractivity contribution < 1.29 is 0 Å². The van der Waals surface area contributed by atoms with Crippen LogP contribution in [0.15, 0.2) is 60.9 Å². The van der Waals surface area contributed by atoms with Crippen LogP contribution < -0.4 is 5.32 Å². The van der Waals surface area contributed by atoms with Crippen molar-refractivity contribution in [3.8, 4) is 11.1 Å². The van der Waals surface area contributed by atoms with Gasteiger partial charge in [-0.05, 0) is 34.7 Å². The van der Waals surface area contributed by atoms with Gasteiger partial charge in [0, 0.05) is 24.3 Å². The van der Waals surface area contributed by atoms with E-state index in [-0.39, 0.29) is 0 Å². The second-order valence-electron chi connectivity index (χ2n) is 4.88. The van der Waals surface area contributed by atoms with Crippen LogP contribution in [0, 0.1) is 0 Å². The maximum Gasteiger partial charge on any atom is 0.0352 e. The molecule has 0 aliphatic carbocycles. The van der Waals surface area contributed by atoms with Crippen LogP contribution >= 0.6 is 0 Å². The number of fused-ring (bicyclic) bond motifs is 1. The van der Waals surface area contributed by atoms with Crippen molar-refractivity contribution in [1.29, 1.82) is 0 Å². The number of nitrogens with zero attached hydrogens (tertiary/aromatic N) is 1. The number of hydrogen-bond acceptors (Lipinski definition) is 2. The minimum Gasteiger partial charge on any atom is -0.313 e. The zero-order chi connectivity index (χ0) is 13.8. The van der Waals surface area contributed by atoms with E-state index in [4.69, 9.17) is 0 Å². The smallest absolute Gasteiger partial charge is 0.0352 e. The first-order chi connectivity index (χ1) is 9.88. The molecule has 0 bridgehead atoms. The van der Waals surface area contributed by atoms with E-state index >= 15 is 0 Å². The van der Waals surface area contributed by atoms with Crippen LogP contribution in [0.1, 0.15) is 12.5 Å². The Morgan fingerprint density at radius 3 is 2.65 bits per heavy atom. The van der Waals surface area contributed by atoms with Crippen molar-refractivity contribution in [2.45, 2.75) is 13.5 Å². The van der Waals surface area contributed by atoms with Gasteiger partial charge in [0.2, 0.25) is 0 Å². The Bertz CT molecular complexity index is 697. The standard InChI is InChI=1S/C18H18N2/c1-2-19-12-14-6-8-16(9-7-14)17-5-3-4-15-10-11-20-13-18(15)17/h3-11,13,19H,2,12H2,1H3. The number of pyridine rings is 1. The summed E-state index contributed by atoms with van der Waals surface area (Å²) in [5.74, 6) is 0. The van der Waals surface area contributed by atoms with Crippen LogP contribution in [0.4, 0.5) is 0 Å². The SMILES string of the molecule is CCNCc1ccc(-c2cccc3ccncc23)cc1. The van der Waals surface area contributed by atoms with E-state index in [1.807, 2.05) is 12.4 Å². The topological polar surface area (TPSA) is 24.9 Å². The molecule has 0 fully saturated rings. The molecule has 1 heterocycles. The summed E-state index contributed by atoms with van der Waals surface area (Å²) in [6.45, 7) is 4.04. The Morgan fingerprint density at radius 1 is 1.00 bits per heavy atom. The summed E-state index contributed by atoms with van der Waals surface area (Å²) in [5.41, 5.74) is 3.79. The molecule has 0 saturated carbocycles. The summed E-state index contributed by atoms with van der Waals surface area (Å²) in [6.07, 6.45) is 3.78. The molecule has 3 aromatic rings. The first-order valence-electron chi connectivity index (χ1n) is 7.01. The number of nitrogens with one attached hydrogen (secondary N) is 1. The van der Waals surface area contributed by atoms with Crippen LogP contribution in [0.5, 0.6) is 0 Å². The van der Waals surface area contributed by atoms with Gasteiger partial charge in [-0.3, -0.25) is 4.98 Å². The quantitative estimate of drug-likeness (QED) is 0.768. The molecule has 0 amide bonds. The molecule has 0 aliphatic heterocycles. The lowest BCUT2D eigenvalue weighted by Crippen LogP contribution is -2.11. The van der Waals surface area contributed by atoms with Crippen molar-refractivity contribution in [3.05, 3.63) is 66.5 Å². The number of rotatable bonds is 4. The highest BCUT2D eigenvalue weighted by Crippen LogP contribution is 2.28. The molecule has 0 unspecified atom stereocenters. The number of aromatic nitrogens is 1. The Morgan fingerprint density at radius 2 is 1.85 bits per heavy atom. The maximum absolute atomic E-state index is 4.25. The van der Waals surface area contributed by atoms with Gasteiger partial charge in [0.1, 0.15) is 0 Å². The summed E-state index contributed by atoms with van der Waals surface area (Å²) in [6, 6.07) is 17.2. The third-order valence-electron chi connectivity index (χ3n) is 3.53. The van der Waals surface area contributed by atoms with E-state index < -0.39 is 0 Å². The van der Waals surface area contributed by atoms with Gasteiger partial charge in [0.25, 0.3) is 0 Å².